The Balaban J connectivity index is 1.54. The van der Waals surface area contributed by atoms with E-state index in [1.165, 1.54) is 19.3 Å². The molecule has 0 amide bonds. The van der Waals surface area contributed by atoms with Crippen molar-refractivity contribution in [1.29, 1.82) is 0 Å². The number of aromatic amines is 1. The van der Waals surface area contributed by atoms with E-state index in [4.69, 9.17) is 5.10 Å². The molecular formula is C22H26N4O2S. The number of hydrogen-bond donors (Lipinski definition) is 2. The molecule has 3 heterocycles. The SMILES string of the molecule is CC1(C)Cc2cc(Nc3nn(C4CCCCC4)c4cc[nH]c(=O)c34)ccc2[S+]1[O-]. The van der Waals surface area contributed by atoms with Crippen LogP contribution in [0, 0.1) is 0 Å². The molecule has 152 valence electrons. The van der Waals surface area contributed by atoms with Crippen LogP contribution in [0.2, 0.25) is 0 Å². The summed E-state index contributed by atoms with van der Waals surface area (Å²) in [7, 11) is 0. The minimum atomic E-state index is -0.991. The molecule has 1 saturated carbocycles. The minimum absolute atomic E-state index is 0.129. The summed E-state index contributed by atoms with van der Waals surface area (Å²) in [6.07, 6.45) is 8.36. The molecule has 1 aliphatic carbocycles. The lowest BCUT2D eigenvalue weighted by Crippen LogP contribution is -2.27. The van der Waals surface area contributed by atoms with E-state index in [9.17, 15) is 9.35 Å². The highest BCUT2D eigenvalue weighted by molar-refractivity contribution is 7.93. The molecule has 6 nitrogen and oxygen atoms in total. The van der Waals surface area contributed by atoms with Gasteiger partial charge in [-0.1, -0.05) is 19.3 Å². The molecule has 2 aliphatic rings. The van der Waals surface area contributed by atoms with Crippen LogP contribution < -0.4 is 10.9 Å². The Morgan fingerprint density at radius 3 is 2.83 bits per heavy atom. The molecule has 2 N–H and O–H groups in total. The molecule has 5 rings (SSSR count). The third-order valence-electron chi connectivity index (χ3n) is 6.19. The Hall–Kier alpha value is -2.25. The first-order valence-electron chi connectivity index (χ1n) is 10.4. The van der Waals surface area contributed by atoms with Gasteiger partial charge >= 0.3 is 0 Å². The fourth-order valence-electron chi connectivity index (χ4n) is 4.73. The number of aromatic nitrogens is 3. The maximum atomic E-state index is 12.6. The van der Waals surface area contributed by atoms with Crippen LogP contribution in [-0.4, -0.2) is 24.1 Å². The van der Waals surface area contributed by atoms with Crippen LogP contribution in [0.3, 0.4) is 0 Å². The normalized spacial score (nSPS) is 21.4. The largest absolute Gasteiger partial charge is 0.611 e. The highest BCUT2D eigenvalue weighted by Crippen LogP contribution is 2.40. The summed E-state index contributed by atoms with van der Waals surface area (Å²) in [5.41, 5.74) is 2.72. The number of H-pyrrole nitrogens is 1. The maximum Gasteiger partial charge on any atom is 0.261 e. The quantitative estimate of drug-likeness (QED) is 0.626. The third kappa shape index (κ3) is 3.16. The molecule has 0 saturated heterocycles. The van der Waals surface area contributed by atoms with Gasteiger partial charge in [0.25, 0.3) is 5.56 Å². The lowest BCUT2D eigenvalue weighted by molar-refractivity contribution is 0.338. The van der Waals surface area contributed by atoms with Gasteiger partial charge in [-0.05, 0) is 62.1 Å². The molecule has 0 bridgehead atoms. The Bertz CT molecular complexity index is 1130. The van der Waals surface area contributed by atoms with Gasteiger partial charge in [0.05, 0.1) is 11.6 Å². The Kier molecular flexibility index (Phi) is 4.47. The van der Waals surface area contributed by atoms with E-state index < -0.39 is 11.2 Å². The fraction of sp³-hybridized carbons (Fsp3) is 0.455. The Labute approximate surface area is 172 Å². The molecule has 1 fully saturated rings. The maximum absolute atomic E-state index is 12.6. The molecule has 3 aromatic rings. The summed E-state index contributed by atoms with van der Waals surface area (Å²) in [5, 5.41) is 8.80. The Morgan fingerprint density at radius 2 is 2.03 bits per heavy atom. The summed E-state index contributed by atoms with van der Waals surface area (Å²) in [6.45, 7) is 4.07. The van der Waals surface area contributed by atoms with Crippen LogP contribution in [0.15, 0.2) is 40.2 Å². The summed E-state index contributed by atoms with van der Waals surface area (Å²) < 4.78 is 14.4. The second-order valence-electron chi connectivity index (χ2n) is 8.80. The van der Waals surface area contributed by atoms with Gasteiger partial charge in [-0.15, -0.1) is 0 Å². The molecule has 29 heavy (non-hydrogen) atoms. The van der Waals surface area contributed by atoms with E-state index in [-0.39, 0.29) is 10.3 Å². The monoisotopic (exact) mass is 410 g/mol. The third-order valence-corrected chi connectivity index (χ3v) is 8.14. The highest BCUT2D eigenvalue weighted by Gasteiger charge is 2.42. The van der Waals surface area contributed by atoms with Crippen molar-refractivity contribution in [3.05, 3.63) is 46.4 Å². The molecule has 1 unspecified atom stereocenters. The van der Waals surface area contributed by atoms with Crippen LogP contribution >= 0.6 is 0 Å². The summed E-state index contributed by atoms with van der Waals surface area (Å²) in [5.74, 6) is 0.589. The average Bonchev–Trinajstić information content (AvgIpc) is 3.18. The van der Waals surface area contributed by atoms with Crippen LogP contribution in [0.5, 0.6) is 0 Å². The highest BCUT2D eigenvalue weighted by atomic mass is 32.2. The second kappa shape index (κ2) is 6.92. The smallest absolute Gasteiger partial charge is 0.261 e. The lowest BCUT2D eigenvalue weighted by atomic mass is 9.95. The van der Waals surface area contributed by atoms with E-state index in [0.717, 1.165) is 40.9 Å². The van der Waals surface area contributed by atoms with Crippen LogP contribution in [0.1, 0.15) is 57.6 Å². The van der Waals surface area contributed by atoms with Crippen molar-refractivity contribution in [3.8, 4) is 0 Å². The molecule has 1 aromatic carbocycles. The van der Waals surface area contributed by atoms with Crippen molar-refractivity contribution in [2.75, 3.05) is 5.32 Å². The van der Waals surface area contributed by atoms with E-state index >= 15 is 0 Å². The van der Waals surface area contributed by atoms with Gasteiger partial charge < -0.3 is 14.9 Å². The number of benzene rings is 1. The molecule has 1 atom stereocenters. The number of nitrogens with one attached hydrogen (secondary N) is 2. The van der Waals surface area contributed by atoms with Crippen molar-refractivity contribution in [3.63, 3.8) is 0 Å². The van der Waals surface area contributed by atoms with Gasteiger partial charge in [0, 0.05) is 23.9 Å². The van der Waals surface area contributed by atoms with Crippen molar-refractivity contribution in [2.45, 2.75) is 68.1 Å². The van der Waals surface area contributed by atoms with E-state index in [1.54, 1.807) is 6.20 Å². The number of nitrogens with zero attached hydrogens (tertiary/aromatic N) is 2. The van der Waals surface area contributed by atoms with E-state index in [1.807, 2.05) is 42.8 Å². The molecule has 1 aliphatic heterocycles. The van der Waals surface area contributed by atoms with Gasteiger partial charge in [0.1, 0.15) is 10.1 Å². The van der Waals surface area contributed by atoms with Crippen LogP contribution in [-0.2, 0) is 17.6 Å². The van der Waals surface area contributed by atoms with Gasteiger partial charge in [-0.25, -0.2) is 0 Å². The first-order valence-corrected chi connectivity index (χ1v) is 11.5. The van der Waals surface area contributed by atoms with Crippen LogP contribution in [0.25, 0.3) is 10.9 Å². The Morgan fingerprint density at radius 1 is 1.24 bits per heavy atom. The second-order valence-corrected chi connectivity index (χ2v) is 10.9. The average molecular weight is 411 g/mol. The molecule has 7 heteroatoms. The van der Waals surface area contributed by atoms with Crippen molar-refractivity contribution < 1.29 is 4.55 Å². The summed E-state index contributed by atoms with van der Waals surface area (Å²) in [4.78, 5) is 16.3. The van der Waals surface area contributed by atoms with E-state index in [0.29, 0.717) is 17.2 Å². The lowest BCUT2D eigenvalue weighted by Gasteiger charge is -2.22. The number of fused-ring (bicyclic) bond motifs is 2. The van der Waals surface area contributed by atoms with Gasteiger partial charge in [0.15, 0.2) is 10.7 Å². The van der Waals surface area contributed by atoms with Gasteiger partial charge in [0.2, 0.25) is 0 Å². The molecule has 0 spiro atoms. The van der Waals surface area contributed by atoms with Gasteiger partial charge in [-0.2, -0.15) is 5.10 Å². The standard InChI is InChI=1S/C22H26N4O2S/c1-22(2)13-14-12-15(8-9-18(14)29(22)28)24-20-19-17(10-11-23-21(19)27)26(25-20)16-6-4-3-5-7-16/h8-12,16H,3-7,13H2,1-2H3,(H,23,27)(H,24,25). The predicted octanol–water partition coefficient (Wildman–Crippen LogP) is 4.42. The number of rotatable bonds is 3. The number of pyridine rings is 1. The summed E-state index contributed by atoms with van der Waals surface area (Å²) >= 11 is -0.991. The first-order chi connectivity index (χ1) is 13.9. The van der Waals surface area contributed by atoms with Crippen molar-refractivity contribution >= 4 is 33.6 Å². The van der Waals surface area contributed by atoms with Gasteiger partial charge in [-0.3, -0.25) is 9.48 Å². The molecule has 0 radical (unpaired) electrons. The number of hydrogen-bond acceptors (Lipinski definition) is 4. The zero-order valence-corrected chi connectivity index (χ0v) is 17.6. The predicted molar refractivity (Wildman–Crippen MR) is 116 cm³/mol. The van der Waals surface area contributed by atoms with Crippen molar-refractivity contribution in [2.24, 2.45) is 0 Å². The molecule has 2 aromatic heterocycles. The zero-order valence-electron chi connectivity index (χ0n) is 16.8. The molecular weight excluding hydrogens is 384 g/mol. The van der Waals surface area contributed by atoms with Crippen molar-refractivity contribution in [1.82, 2.24) is 14.8 Å². The fourth-order valence-corrected chi connectivity index (χ4v) is 6.17. The van der Waals surface area contributed by atoms with E-state index in [2.05, 4.69) is 10.3 Å². The summed E-state index contributed by atoms with van der Waals surface area (Å²) in [6, 6.07) is 8.20. The topological polar surface area (TPSA) is 85.8 Å². The van der Waals surface area contributed by atoms with Crippen LogP contribution in [0.4, 0.5) is 11.5 Å². The zero-order chi connectivity index (χ0) is 20.2. The minimum Gasteiger partial charge on any atom is -0.611 e. The first kappa shape index (κ1) is 18.8. The number of anilines is 2.